The lowest BCUT2D eigenvalue weighted by molar-refractivity contribution is -0.134. The standard InChI is InChI=1S/C36H32N6O5/c1-46-36(45)41-32(21-5-3-2-4-6-21)35(44)42-16-20(17-43)11-30(42)34-37-15-29(40-34)23-7-9-25-24(12-23)18-47-31-14-26-22(13-27(25)31)8-10-28-33(26)39-19-38-28/h2-10,12-15,19-20,30,32,43H,11,16-18H2,1H3,(H,37,40)(H,38,39)(H,41,45)/t20-,30-,32+/m0/s1. The number of methoxy groups -OCH3 is 1. The molecular formula is C36H32N6O5. The molecule has 236 valence electrons. The van der Waals surface area contributed by atoms with Crippen LogP contribution in [0, 0.1) is 5.92 Å². The average Bonchev–Trinajstić information content (AvgIpc) is 3.89. The van der Waals surface area contributed by atoms with Crippen LogP contribution in [0.5, 0.6) is 5.75 Å². The van der Waals surface area contributed by atoms with Crippen LogP contribution in [-0.2, 0) is 16.1 Å². The van der Waals surface area contributed by atoms with Crippen LogP contribution in [0.4, 0.5) is 4.79 Å². The third kappa shape index (κ3) is 5.05. The van der Waals surface area contributed by atoms with Gasteiger partial charge in [-0.25, -0.2) is 14.8 Å². The van der Waals surface area contributed by atoms with Gasteiger partial charge in [0.25, 0.3) is 5.91 Å². The normalized spacial score (nSPS) is 17.6. The van der Waals surface area contributed by atoms with E-state index in [1.54, 1.807) is 29.6 Å². The highest BCUT2D eigenvalue weighted by molar-refractivity contribution is 6.06. The minimum absolute atomic E-state index is 0.0670. The van der Waals surface area contributed by atoms with Crippen molar-refractivity contribution >= 4 is 33.8 Å². The molecule has 1 saturated heterocycles. The van der Waals surface area contributed by atoms with Gasteiger partial charge in [0.1, 0.15) is 24.2 Å². The van der Waals surface area contributed by atoms with E-state index in [9.17, 15) is 14.7 Å². The van der Waals surface area contributed by atoms with Crippen LogP contribution in [0.1, 0.15) is 35.5 Å². The van der Waals surface area contributed by atoms with Crippen molar-refractivity contribution in [2.24, 2.45) is 5.92 Å². The molecule has 2 aliphatic heterocycles. The number of aliphatic hydroxyl groups excluding tert-OH is 1. The smallest absolute Gasteiger partial charge is 0.407 e. The number of aliphatic hydroxyl groups is 1. The summed E-state index contributed by atoms with van der Waals surface area (Å²) >= 11 is 0. The number of nitrogens with one attached hydrogen (secondary N) is 3. The van der Waals surface area contributed by atoms with E-state index in [0.29, 0.717) is 31.0 Å². The molecule has 47 heavy (non-hydrogen) atoms. The lowest BCUT2D eigenvalue weighted by Gasteiger charge is -2.28. The molecule has 8 rings (SSSR count). The van der Waals surface area contributed by atoms with Gasteiger partial charge < -0.3 is 34.8 Å². The molecule has 4 heterocycles. The van der Waals surface area contributed by atoms with Gasteiger partial charge in [-0.05, 0) is 58.3 Å². The van der Waals surface area contributed by atoms with Crippen LogP contribution >= 0.6 is 0 Å². The second kappa shape index (κ2) is 11.6. The van der Waals surface area contributed by atoms with Crippen molar-refractivity contribution in [1.29, 1.82) is 0 Å². The molecule has 6 aromatic rings. The highest BCUT2D eigenvalue weighted by atomic mass is 16.5. The monoisotopic (exact) mass is 628 g/mol. The Balaban J connectivity index is 1.09. The largest absolute Gasteiger partial charge is 0.488 e. The number of hydrogen-bond acceptors (Lipinski definition) is 7. The first-order valence-electron chi connectivity index (χ1n) is 15.5. The number of H-pyrrole nitrogens is 2. The molecule has 3 atom stereocenters. The molecule has 2 amide bonds. The summed E-state index contributed by atoms with van der Waals surface area (Å²) in [6.07, 6.45) is 3.30. The van der Waals surface area contributed by atoms with E-state index < -0.39 is 18.2 Å². The van der Waals surface area contributed by atoms with Crippen molar-refractivity contribution in [2.45, 2.75) is 25.1 Å². The summed E-state index contributed by atoms with van der Waals surface area (Å²) in [5.74, 6) is 1.01. The lowest BCUT2D eigenvalue weighted by Crippen LogP contribution is -2.43. The maximum absolute atomic E-state index is 14.0. The number of aromatic amines is 2. The molecule has 0 spiro atoms. The predicted octanol–water partition coefficient (Wildman–Crippen LogP) is 5.64. The summed E-state index contributed by atoms with van der Waals surface area (Å²) in [4.78, 5) is 43.8. The third-order valence-electron chi connectivity index (χ3n) is 9.26. The fourth-order valence-electron chi connectivity index (χ4n) is 6.87. The Bertz CT molecular complexity index is 2140. The minimum atomic E-state index is -0.955. The zero-order valence-electron chi connectivity index (χ0n) is 25.6. The third-order valence-corrected chi connectivity index (χ3v) is 9.26. The van der Waals surface area contributed by atoms with Crippen LogP contribution in [0.2, 0.25) is 0 Å². The van der Waals surface area contributed by atoms with Crippen molar-refractivity contribution in [2.75, 3.05) is 20.3 Å². The van der Waals surface area contributed by atoms with Gasteiger partial charge in [-0.3, -0.25) is 4.79 Å². The van der Waals surface area contributed by atoms with Gasteiger partial charge in [0.15, 0.2) is 0 Å². The van der Waals surface area contributed by atoms with Crippen molar-refractivity contribution in [3.8, 4) is 28.1 Å². The summed E-state index contributed by atoms with van der Waals surface area (Å²) in [5.41, 5.74) is 7.50. The molecule has 11 heteroatoms. The first-order chi connectivity index (χ1) is 23.0. The summed E-state index contributed by atoms with van der Waals surface area (Å²) in [6, 6.07) is 22.3. The van der Waals surface area contributed by atoms with E-state index >= 15 is 0 Å². The Morgan fingerprint density at radius 3 is 2.79 bits per heavy atom. The van der Waals surface area contributed by atoms with E-state index in [1.165, 1.54) is 7.11 Å². The Morgan fingerprint density at radius 1 is 1.09 bits per heavy atom. The van der Waals surface area contributed by atoms with Gasteiger partial charge >= 0.3 is 6.09 Å². The molecular weight excluding hydrogens is 596 g/mol. The van der Waals surface area contributed by atoms with E-state index in [0.717, 1.165) is 55.5 Å². The number of fused-ring (bicyclic) bond motifs is 6. The van der Waals surface area contributed by atoms with Crippen LogP contribution in [0.25, 0.3) is 44.2 Å². The number of carbonyl (C=O) groups excluding carboxylic acids is 2. The predicted molar refractivity (Wildman–Crippen MR) is 175 cm³/mol. The summed E-state index contributed by atoms with van der Waals surface area (Å²) < 4.78 is 11.1. The summed E-state index contributed by atoms with van der Waals surface area (Å²) in [7, 11) is 1.26. The summed E-state index contributed by atoms with van der Waals surface area (Å²) in [5, 5.41) is 14.9. The maximum atomic E-state index is 14.0. The molecule has 11 nitrogen and oxygen atoms in total. The average molecular weight is 629 g/mol. The molecule has 2 aromatic heterocycles. The molecule has 0 bridgehead atoms. The van der Waals surface area contributed by atoms with Gasteiger partial charge in [0.05, 0.1) is 42.4 Å². The number of imidazole rings is 2. The van der Waals surface area contributed by atoms with Crippen LogP contribution < -0.4 is 10.1 Å². The van der Waals surface area contributed by atoms with Crippen molar-refractivity contribution in [3.05, 3.63) is 102 Å². The Labute approximate surface area is 269 Å². The number of ether oxygens (including phenoxy) is 2. The van der Waals surface area contributed by atoms with E-state index in [1.807, 2.05) is 24.3 Å². The highest BCUT2D eigenvalue weighted by Crippen LogP contribution is 2.43. The van der Waals surface area contributed by atoms with Gasteiger partial charge in [0.2, 0.25) is 0 Å². The Kier molecular flexibility index (Phi) is 7.10. The molecule has 0 unspecified atom stereocenters. The minimum Gasteiger partial charge on any atom is -0.488 e. The van der Waals surface area contributed by atoms with E-state index in [2.05, 4.69) is 56.7 Å². The topological polar surface area (TPSA) is 145 Å². The molecule has 0 saturated carbocycles. The number of rotatable bonds is 6. The number of likely N-dealkylation sites (tertiary alicyclic amines) is 1. The lowest BCUT2D eigenvalue weighted by atomic mass is 9.92. The number of benzene rings is 4. The van der Waals surface area contributed by atoms with E-state index in [-0.39, 0.29) is 18.4 Å². The number of aromatic nitrogens is 4. The van der Waals surface area contributed by atoms with Crippen LogP contribution in [0.3, 0.4) is 0 Å². The van der Waals surface area contributed by atoms with E-state index in [4.69, 9.17) is 14.5 Å². The molecule has 2 aliphatic rings. The van der Waals surface area contributed by atoms with Crippen LogP contribution in [-0.4, -0.2) is 62.2 Å². The zero-order valence-corrected chi connectivity index (χ0v) is 25.6. The number of carbonyl (C=O) groups is 2. The van der Waals surface area contributed by atoms with Crippen molar-refractivity contribution < 1.29 is 24.2 Å². The Hall–Kier alpha value is -5.68. The second-order valence-electron chi connectivity index (χ2n) is 12.0. The first-order valence-corrected chi connectivity index (χ1v) is 15.5. The fourth-order valence-corrected chi connectivity index (χ4v) is 6.87. The van der Waals surface area contributed by atoms with Gasteiger partial charge in [0, 0.05) is 30.0 Å². The van der Waals surface area contributed by atoms with Gasteiger partial charge in [-0.2, -0.15) is 0 Å². The number of hydrogen-bond donors (Lipinski definition) is 4. The number of nitrogens with zero attached hydrogens (tertiary/aromatic N) is 3. The summed E-state index contributed by atoms with van der Waals surface area (Å²) in [6.45, 7) is 0.691. The van der Waals surface area contributed by atoms with Crippen LogP contribution in [0.15, 0.2) is 85.3 Å². The molecule has 1 fully saturated rings. The molecule has 0 aliphatic carbocycles. The van der Waals surface area contributed by atoms with Gasteiger partial charge in [-0.1, -0.05) is 48.5 Å². The van der Waals surface area contributed by atoms with Gasteiger partial charge in [-0.15, -0.1) is 0 Å². The SMILES string of the molecule is COC(=O)N[C@@H](C(=O)N1C[C@@H](CO)C[C@H]1c1ncc(-c2ccc3c(c2)COc2cc4c(ccc5[nH]cnc54)cc2-3)[nH]1)c1ccccc1. The van der Waals surface area contributed by atoms with Crippen molar-refractivity contribution in [1.82, 2.24) is 30.2 Å². The Morgan fingerprint density at radius 2 is 1.96 bits per heavy atom. The fraction of sp³-hybridized carbons (Fsp3) is 0.222. The maximum Gasteiger partial charge on any atom is 0.407 e. The quantitative estimate of drug-likeness (QED) is 0.187. The second-order valence-corrected chi connectivity index (χ2v) is 12.0. The highest BCUT2D eigenvalue weighted by Gasteiger charge is 2.41. The molecule has 0 radical (unpaired) electrons. The van der Waals surface area contributed by atoms with Crippen molar-refractivity contribution in [3.63, 3.8) is 0 Å². The number of amides is 2. The molecule has 4 aromatic carbocycles. The zero-order chi connectivity index (χ0) is 32.1. The first kappa shape index (κ1) is 28.8. The number of alkyl carbamates (subject to hydrolysis) is 1. The molecule has 4 N–H and O–H groups in total.